The van der Waals surface area contributed by atoms with Crippen LogP contribution >= 0.6 is 0 Å². The Balaban J connectivity index is 1.56. The largest absolute Gasteiger partial charge is 0.491 e. The van der Waals surface area contributed by atoms with Crippen molar-refractivity contribution >= 4 is 5.96 Å². The molecule has 6 nitrogen and oxygen atoms in total. The summed E-state index contributed by atoms with van der Waals surface area (Å²) in [6.45, 7) is 4.20. The first-order valence-electron chi connectivity index (χ1n) is 9.53. The SMILES string of the molecule is CN=C(NCc1ccc(C)cc1OCC1CCCO1)NCc1ncccc1F. The molecular weight excluding hydrogens is 359 g/mol. The minimum atomic E-state index is -0.339. The number of hydrogen-bond acceptors (Lipinski definition) is 4. The first-order chi connectivity index (χ1) is 13.7. The van der Waals surface area contributed by atoms with Gasteiger partial charge in [0.1, 0.15) is 18.2 Å². The van der Waals surface area contributed by atoms with Crippen LogP contribution in [0.1, 0.15) is 29.7 Å². The van der Waals surface area contributed by atoms with Crippen molar-refractivity contribution in [3.8, 4) is 5.75 Å². The van der Waals surface area contributed by atoms with E-state index in [1.165, 1.54) is 6.07 Å². The van der Waals surface area contributed by atoms with Gasteiger partial charge in [-0.3, -0.25) is 9.98 Å². The van der Waals surface area contributed by atoms with Crippen LogP contribution in [0, 0.1) is 12.7 Å². The van der Waals surface area contributed by atoms with E-state index in [9.17, 15) is 4.39 Å². The summed E-state index contributed by atoms with van der Waals surface area (Å²) < 4.78 is 25.4. The van der Waals surface area contributed by atoms with Crippen LogP contribution in [0.3, 0.4) is 0 Å². The highest BCUT2D eigenvalue weighted by Crippen LogP contribution is 2.22. The third-order valence-electron chi connectivity index (χ3n) is 4.60. The second-order valence-corrected chi connectivity index (χ2v) is 6.77. The lowest BCUT2D eigenvalue weighted by Crippen LogP contribution is -2.36. The number of guanidine groups is 1. The minimum Gasteiger partial charge on any atom is -0.491 e. The van der Waals surface area contributed by atoms with Crippen LogP contribution in [0.2, 0.25) is 0 Å². The fourth-order valence-electron chi connectivity index (χ4n) is 3.02. The van der Waals surface area contributed by atoms with Crippen LogP contribution < -0.4 is 15.4 Å². The molecule has 1 aromatic carbocycles. The summed E-state index contributed by atoms with van der Waals surface area (Å²) in [5.74, 6) is 1.07. The van der Waals surface area contributed by atoms with E-state index < -0.39 is 0 Å². The predicted octanol–water partition coefficient (Wildman–Crippen LogP) is 2.95. The number of halogens is 1. The van der Waals surface area contributed by atoms with Crippen LogP contribution in [0.15, 0.2) is 41.5 Å². The average Bonchev–Trinajstić information content (AvgIpc) is 3.22. The van der Waals surface area contributed by atoms with Gasteiger partial charge in [-0.05, 0) is 43.5 Å². The highest BCUT2D eigenvalue weighted by atomic mass is 19.1. The summed E-state index contributed by atoms with van der Waals surface area (Å²) in [5.41, 5.74) is 2.51. The predicted molar refractivity (Wildman–Crippen MR) is 107 cm³/mol. The number of hydrogen-bond donors (Lipinski definition) is 2. The molecule has 1 aliphatic rings. The number of nitrogens with one attached hydrogen (secondary N) is 2. The van der Waals surface area contributed by atoms with Crippen molar-refractivity contribution in [2.24, 2.45) is 4.99 Å². The number of aliphatic imine (C=N–C) groups is 1. The number of aromatic nitrogens is 1. The summed E-state index contributed by atoms with van der Waals surface area (Å²) in [7, 11) is 1.67. The lowest BCUT2D eigenvalue weighted by atomic mass is 10.1. The molecule has 1 aliphatic heterocycles. The standard InChI is InChI=1S/C21H27FN4O2/c1-15-7-8-16(20(11-15)28-14-17-5-4-10-27-17)12-25-21(23-2)26-13-19-18(22)6-3-9-24-19/h3,6-9,11,17H,4-5,10,12-14H2,1-2H3,(H2,23,25,26). The molecule has 1 atom stereocenters. The van der Waals surface area contributed by atoms with Crippen LogP contribution in [0.5, 0.6) is 5.75 Å². The van der Waals surface area contributed by atoms with Crippen LogP contribution in [-0.4, -0.2) is 37.3 Å². The molecule has 3 rings (SSSR count). The maximum absolute atomic E-state index is 13.7. The van der Waals surface area contributed by atoms with E-state index in [4.69, 9.17) is 9.47 Å². The summed E-state index contributed by atoms with van der Waals surface area (Å²) in [4.78, 5) is 8.22. The Kier molecular flexibility index (Phi) is 7.19. The number of aryl methyl sites for hydroxylation is 1. The zero-order valence-corrected chi connectivity index (χ0v) is 16.4. The van der Waals surface area contributed by atoms with E-state index in [1.54, 1.807) is 19.3 Å². The van der Waals surface area contributed by atoms with Gasteiger partial charge in [0.15, 0.2) is 5.96 Å². The third kappa shape index (κ3) is 5.66. The van der Waals surface area contributed by atoms with Gasteiger partial charge < -0.3 is 20.1 Å². The molecule has 0 bridgehead atoms. The quantitative estimate of drug-likeness (QED) is 0.566. The lowest BCUT2D eigenvalue weighted by Gasteiger charge is -2.17. The first-order valence-corrected chi connectivity index (χ1v) is 9.53. The van der Waals surface area contributed by atoms with E-state index >= 15 is 0 Å². The number of benzene rings is 1. The Bertz CT molecular complexity index is 807. The molecule has 2 N–H and O–H groups in total. The van der Waals surface area contributed by atoms with E-state index in [0.717, 1.165) is 36.3 Å². The molecule has 2 aromatic rings. The van der Waals surface area contributed by atoms with Crippen molar-refractivity contribution in [3.63, 3.8) is 0 Å². The molecule has 1 aromatic heterocycles. The van der Waals surface area contributed by atoms with E-state index in [1.807, 2.05) is 19.1 Å². The smallest absolute Gasteiger partial charge is 0.191 e. The highest BCUT2D eigenvalue weighted by Gasteiger charge is 2.17. The highest BCUT2D eigenvalue weighted by molar-refractivity contribution is 5.79. The Labute approximate surface area is 165 Å². The second kappa shape index (κ2) is 10.0. The van der Waals surface area contributed by atoms with Crippen molar-refractivity contribution in [1.29, 1.82) is 0 Å². The number of rotatable bonds is 7. The van der Waals surface area contributed by atoms with Gasteiger partial charge in [0, 0.05) is 32.0 Å². The molecule has 1 saturated heterocycles. The molecular formula is C21H27FN4O2. The fraction of sp³-hybridized carbons (Fsp3) is 0.429. The van der Waals surface area contributed by atoms with Crippen molar-refractivity contribution in [1.82, 2.24) is 15.6 Å². The molecule has 2 heterocycles. The van der Waals surface area contributed by atoms with Gasteiger partial charge in [-0.2, -0.15) is 0 Å². The third-order valence-corrected chi connectivity index (χ3v) is 4.60. The van der Waals surface area contributed by atoms with Gasteiger partial charge in [-0.1, -0.05) is 12.1 Å². The molecule has 28 heavy (non-hydrogen) atoms. The Morgan fingerprint density at radius 3 is 2.93 bits per heavy atom. The summed E-state index contributed by atoms with van der Waals surface area (Å²) in [5, 5.41) is 6.32. The average molecular weight is 386 g/mol. The zero-order valence-electron chi connectivity index (χ0n) is 16.4. The van der Waals surface area contributed by atoms with Gasteiger partial charge in [0.25, 0.3) is 0 Å². The van der Waals surface area contributed by atoms with Crippen LogP contribution in [0.25, 0.3) is 0 Å². The number of ether oxygens (including phenoxy) is 2. The van der Waals surface area contributed by atoms with Crippen molar-refractivity contribution in [3.05, 3.63) is 59.2 Å². The Morgan fingerprint density at radius 1 is 1.32 bits per heavy atom. The zero-order chi connectivity index (χ0) is 19.8. The Morgan fingerprint density at radius 2 is 2.18 bits per heavy atom. The molecule has 7 heteroatoms. The van der Waals surface area contributed by atoms with Gasteiger partial charge in [0.05, 0.1) is 18.3 Å². The van der Waals surface area contributed by atoms with E-state index in [0.29, 0.717) is 24.8 Å². The molecule has 0 saturated carbocycles. The molecule has 1 unspecified atom stereocenters. The van der Waals surface area contributed by atoms with Gasteiger partial charge >= 0.3 is 0 Å². The first kappa shape index (κ1) is 20.1. The molecule has 0 aliphatic carbocycles. The van der Waals surface area contributed by atoms with Crippen molar-refractivity contribution < 1.29 is 13.9 Å². The van der Waals surface area contributed by atoms with E-state index in [2.05, 4.69) is 26.7 Å². The normalized spacial score (nSPS) is 16.8. The Hall–Kier alpha value is -2.67. The fourth-order valence-corrected chi connectivity index (χ4v) is 3.02. The van der Waals surface area contributed by atoms with E-state index in [-0.39, 0.29) is 18.5 Å². The summed E-state index contributed by atoms with van der Waals surface area (Å²) in [6, 6.07) is 9.09. The van der Waals surface area contributed by atoms with Gasteiger partial charge in [-0.25, -0.2) is 4.39 Å². The lowest BCUT2D eigenvalue weighted by molar-refractivity contribution is 0.0676. The molecule has 0 spiro atoms. The maximum Gasteiger partial charge on any atom is 0.191 e. The van der Waals surface area contributed by atoms with Gasteiger partial charge in [-0.15, -0.1) is 0 Å². The molecule has 1 fully saturated rings. The van der Waals surface area contributed by atoms with Crippen LogP contribution in [0.4, 0.5) is 4.39 Å². The monoisotopic (exact) mass is 386 g/mol. The minimum absolute atomic E-state index is 0.170. The summed E-state index contributed by atoms with van der Waals surface area (Å²) >= 11 is 0. The molecule has 0 amide bonds. The topological polar surface area (TPSA) is 67.8 Å². The van der Waals surface area contributed by atoms with Crippen LogP contribution in [-0.2, 0) is 17.8 Å². The van der Waals surface area contributed by atoms with Crippen molar-refractivity contribution in [2.45, 2.75) is 39.0 Å². The molecule has 0 radical (unpaired) electrons. The van der Waals surface area contributed by atoms with Crippen molar-refractivity contribution in [2.75, 3.05) is 20.3 Å². The summed E-state index contributed by atoms with van der Waals surface area (Å²) in [6.07, 6.45) is 3.87. The molecule has 150 valence electrons. The number of nitrogens with zero attached hydrogens (tertiary/aromatic N) is 2. The maximum atomic E-state index is 13.7. The second-order valence-electron chi connectivity index (χ2n) is 6.77. The number of pyridine rings is 1. The van der Waals surface area contributed by atoms with Gasteiger partial charge in [0.2, 0.25) is 0 Å².